The van der Waals surface area contributed by atoms with Crippen LogP contribution >= 0.6 is 0 Å². The zero-order chi connectivity index (χ0) is 12.1. The van der Waals surface area contributed by atoms with E-state index in [0.717, 1.165) is 17.7 Å². The lowest BCUT2D eigenvalue weighted by Crippen LogP contribution is -2.04. The molecular formula is C15H22O2. The molecule has 1 saturated carbocycles. The minimum Gasteiger partial charge on any atom is -0.494 e. The first kappa shape index (κ1) is 12.4. The smallest absolute Gasteiger partial charge is 0.119 e. The second-order valence-corrected chi connectivity index (χ2v) is 4.91. The number of ether oxygens (including phenoxy) is 1. The van der Waals surface area contributed by atoms with Crippen molar-refractivity contribution in [3.8, 4) is 5.75 Å². The summed E-state index contributed by atoms with van der Waals surface area (Å²) in [6.07, 6.45) is 5.78. The first-order chi connectivity index (χ1) is 8.29. The predicted octanol–water partition coefficient (Wildman–Crippen LogP) is 3.70. The molecule has 2 nitrogen and oxygen atoms in total. The molecule has 17 heavy (non-hydrogen) atoms. The van der Waals surface area contributed by atoms with Crippen LogP contribution in [0.2, 0.25) is 0 Å². The summed E-state index contributed by atoms with van der Waals surface area (Å²) in [7, 11) is 0. The van der Waals surface area contributed by atoms with Gasteiger partial charge in [0, 0.05) is 0 Å². The Morgan fingerprint density at radius 1 is 1.35 bits per heavy atom. The van der Waals surface area contributed by atoms with Crippen molar-refractivity contribution in [1.29, 1.82) is 0 Å². The van der Waals surface area contributed by atoms with Crippen LogP contribution in [-0.4, -0.2) is 11.7 Å². The Morgan fingerprint density at radius 3 is 2.82 bits per heavy atom. The van der Waals surface area contributed by atoms with Gasteiger partial charge in [-0.25, -0.2) is 0 Å². The lowest BCUT2D eigenvalue weighted by Gasteiger charge is -2.16. The molecule has 0 saturated heterocycles. The molecule has 1 aromatic carbocycles. The fourth-order valence-electron chi connectivity index (χ4n) is 2.68. The number of benzene rings is 1. The molecule has 94 valence electrons. The van der Waals surface area contributed by atoms with Gasteiger partial charge in [-0.3, -0.25) is 0 Å². The van der Waals surface area contributed by atoms with Gasteiger partial charge in [0.1, 0.15) is 5.75 Å². The summed E-state index contributed by atoms with van der Waals surface area (Å²) >= 11 is 0. The maximum absolute atomic E-state index is 10.2. The molecule has 2 rings (SSSR count). The van der Waals surface area contributed by atoms with Gasteiger partial charge in [-0.05, 0) is 37.0 Å². The van der Waals surface area contributed by atoms with Gasteiger partial charge in [-0.1, -0.05) is 37.8 Å². The molecule has 0 radical (unpaired) electrons. The van der Waals surface area contributed by atoms with Gasteiger partial charge in [-0.2, -0.15) is 0 Å². The van der Waals surface area contributed by atoms with E-state index in [1.165, 1.54) is 25.7 Å². The van der Waals surface area contributed by atoms with E-state index < -0.39 is 0 Å². The fourth-order valence-corrected chi connectivity index (χ4v) is 2.68. The second kappa shape index (κ2) is 6.06. The highest BCUT2D eigenvalue weighted by Crippen LogP contribution is 2.33. The predicted molar refractivity (Wildman–Crippen MR) is 69.1 cm³/mol. The van der Waals surface area contributed by atoms with Crippen LogP contribution in [0.4, 0.5) is 0 Å². The van der Waals surface area contributed by atoms with Crippen LogP contribution in [0.3, 0.4) is 0 Å². The van der Waals surface area contributed by atoms with Gasteiger partial charge in [-0.15, -0.1) is 0 Å². The molecule has 1 N–H and O–H groups in total. The highest BCUT2D eigenvalue weighted by atomic mass is 16.5. The number of hydrogen-bond acceptors (Lipinski definition) is 2. The molecule has 0 aliphatic heterocycles. The van der Waals surface area contributed by atoms with Crippen molar-refractivity contribution in [2.45, 2.75) is 45.1 Å². The van der Waals surface area contributed by atoms with Crippen LogP contribution in [-0.2, 0) is 0 Å². The number of aliphatic hydroxyl groups is 1. The van der Waals surface area contributed by atoms with E-state index in [-0.39, 0.29) is 6.10 Å². The summed E-state index contributed by atoms with van der Waals surface area (Å²) < 4.78 is 5.46. The van der Waals surface area contributed by atoms with Gasteiger partial charge < -0.3 is 9.84 Å². The van der Waals surface area contributed by atoms with Gasteiger partial charge in [0.15, 0.2) is 0 Å². The Kier molecular flexibility index (Phi) is 4.43. The molecule has 0 bridgehead atoms. The van der Waals surface area contributed by atoms with Crippen LogP contribution in [0.5, 0.6) is 5.75 Å². The van der Waals surface area contributed by atoms with Crippen LogP contribution in [0.25, 0.3) is 0 Å². The Morgan fingerprint density at radius 2 is 2.12 bits per heavy atom. The molecule has 2 heteroatoms. The van der Waals surface area contributed by atoms with E-state index in [1.807, 2.05) is 31.2 Å². The first-order valence-corrected chi connectivity index (χ1v) is 6.70. The quantitative estimate of drug-likeness (QED) is 0.841. The van der Waals surface area contributed by atoms with Crippen LogP contribution in [0, 0.1) is 5.92 Å². The van der Waals surface area contributed by atoms with Crippen molar-refractivity contribution in [2.75, 3.05) is 6.61 Å². The van der Waals surface area contributed by atoms with Crippen molar-refractivity contribution < 1.29 is 9.84 Å². The molecule has 0 heterocycles. The Hall–Kier alpha value is -1.02. The van der Waals surface area contributed by atoms with Crippen LogP contribution in [0.1, 0.15) is 50.7 Å². The number of aliphatic hydroxyl groups excluding tert-OH is 1. The van der Waals surface area contributed by atoms with Crippen molar-refractivity contribution >= 4 is 0 Å². The largest absolute Gasteiger partial charge is 0.494 e. The molecule has 1 aromatic rings. The molecular weight excluding hydrogens is 212 g/mol. The lowest BCUT2D eigenvalue weighted by atomic mass is 9.96. The molecule has 0 spiro atoms. The standard InChI is InChI=1S/C15H22O2/c1-2-17-14-9-5-8-13(11-14)15(16)10-12-6-3-4-7-12/h5,8-9,11-12,15-16H,2-4,6-7,10H2,1H3. The molecule has 1 fully saturated rings. The van der Waals surface area contributed by atoms with Crippen LogP contribution < -0.4 is 4.74 Å². The zero-order valence-corrected chi connectivity index (χ0v) is 10.6. The van der Waals surface area contributed by atoms with E-state index in [0.29, 0.717) is 12.5 Å². The van der Waals surface area contributed by atoms with E-state index >= 15 is 0 Å². The number of hydrogen-bond donors (Lipinski definition) is 1. The van der Waals surface area contributed by atoms with Gasteiger partial charge in [0.05, 0.1) is 12.7 Å². The molecule has 1 atom stereocenters. The molecule has 1 aliphatic carbocycles. The topological polar surface area (TPSA) is 29.5 Å². The van der Waals surface area contributed by atoms with Gasteiger partial charge in [0.25, 0.3) is 0 Å². The van der Waals surface area contributed by atoms with Crippen molar-refractivity contribution in [3.63, 3.8) is 0 Å². The summed E-state index contributed by atoms with van der Waals surface area (Å²) in [5, 5.41) is 10.2. The van der Waals surface area contributed by atoms with Gasteiger partial charge in [0.2, 0.25) is 0 Å². The highest BCUT2D eigenvalue weighted by Gasteiger charge is 2.19. The summed E-state index contributed by atoms with van der Waals surface area (Å²) in [6, 6.07) is 7.85. The maximum atomic E-state index is 10.2. The third kappa shape index (κ3) is 3.47. The number of rotatable bonds is 5. The van der Waals surface area contributed by atoms with Crippen molar-refractivity contribution in [2.24, 2.45) is 5.92 Å². The fraction of sp³-hybridized carbons (Fsp3) is 0.600. The average molecular weight is 234 g/mol. The lowest BCUT2D eigenvalue weighted by molar-refractivity contribution is 0.144. The maximum Gasteiger partial charge on any atom is 0.119 e. The SMILES string of the molecule is CCOc1cccc(C(O)CC2CCCC2)c1. The van der Waals surface area contributed by atoms with E-state index in [1.54, 1.807) is 0 Å². The third-order valence-corrected chi connectivity index (χ3v) is 3.59. The summed E-state index contributed by atoms with van der Waals surface area (Å²) in [5.41, 5.74) is 0.989. The van der Waals surface area contributed by atoms with Crippen molar-refractivity contribution in [3.05, 3.63) is 29.8 Å². The van der Waals surface area contributed by atoms with Gasteiger partial charge >= 0.3 is 0 Å². The zero-order valence-electron chi connectivity index (χ0n) is 10.6. The second-order valence-electron chi connectivity index (χ2n) is 4.91. The van der Waals surface area contributed by atoms with E-state index in [4.69, 9.17) is 4.74 Å². The Balaban J connectivity index is 1.97. The average Bonchev–Trinajstić information content (AvgIpc) is 2.83. The molecule has 0 aromatic heterocycles. The molecule has 0 amide bonds. The van der Waals surface area contributed by atoms with E-state index in [9.17, 15) is 5.11 Å². The van der Waals surface area contributed by atoms with Crippen LogP contribution in [0.15, 0.2) is 24.3 Å². The first-order valence-electron chi connectivity index (χ1n) is 6.70. The molecule has 1 aliphatic rings. The Labute approximate surface area is 104 Å². The van der Waals surface area contributed by atoms with Crippen molar-refractivity contribution in [1.82, 2.24) is 0 Å². The minimum absolute atomic E-state index is 0.335. The third-order valence-electron chi connectivity index (χ3n) is 3.59. The highest BCUT2D eigenvalue weighted by molar-refractivity contribution is 5.29. The summed E-state index contributed by atoms with van der Waals surface area (Å²) in [5.74, 6) is 1.57. The monoisotopic (exact) mass is 234 g/mol. The summed E-state index contributed by atoms with van der Waals surface area (Å²) in [4.78, 5) is 0. The summed E-state index contributed by atoms with van der Waals surface area (Å²) in [6.45, 7) is 2.64. The normalized spacial score (nSPS) is 18.2. The van der Waals surface area contributed by atoms with E-state index in [2.05, 4.69) is 0 Å². The Bertz CT molecular complexity index is 343. The molecule has 1 unspecified atom stereocenters. The minimum atomic E-state index is -0.335.